The standard InChI is InChI=1S/C26H24N2S/c27-18-24(13-7-10-20-8-3-1-4-9-20)26-28-25(19-29-26)23-16-14-22(15-17-23)21-11-5-2-6-12-21/h1,3-4,7-10,13-17,19,21H,2,5-6,11-12H2/b10-7+,24-13-. The van der Waals surface area contributed by atoms with Gasteiger partial charge in [-0.05, 0) is 36.0 Å². The van der Waals surface area contributed by atoms with E-state index in [0.29, 0.717) is 11.5 Å². The number of hydrogen-bond acceptors (Lipinski definition) is 3. The van der Waals surface area contributed by atoms with Crippen LogP contribution < -0.4 is 0 Å². The molecule has 2 aromatic carbocycles. The van der Waals surface area contributed by atoms with Gasteiger partial charge in [0.2, 0.25) is 0 Å². The molecule has 0 spiro atoms. The maximum absolute atomic E-state index is 9.55. The lowest BCUT2D eigenvalue weighted by atomic mass is 9.84. The van der Waals surface area contributed by atoms with Crippen LogP contribution in [-0.2, 0) is 0 Å². The van der Waals surface area contributed by atoms with E-state index in [1.165, 1.54) is 49.0 Å². The number of nitrogens with zero attached hydrogens (tertiary/aromatic N) is 2. The molecule has 1 aliphatic carbocycles. The molecule has 3 heteroatoms. The highest BCUT2D eigenvalue weighted by Crippen LogP contribution is 2.34. The largest absolute Gasteiger partial charge is 0.235 e. The normalized spacial score (nSPS) is 15.5. The predicted molar refractivity (Wildman–Crippen MR) is 122 cm³/mol. The molecule has 0 N–H and O–H groups in total. The van der Waals surface area contributed by atoms with Crippen LogP contribution in [0.1, 0.15) is 54.2 Å². The molecule has 2 nitrogen and oxygen atoms in total. The van der Waals surface area contributed by atoms with E-state index in [1.807, 2.05) is 53.9 Å². The molecule has 0 atom stereocenters. The lowest BCUT2D eigenvalue weighted by molar-refractivity contribution is 0.443. The maximum Gasteiger partial charge on any atom is 0.134 e. The third-order valence-electron chi connectivity index (χ3n) is 5.49. The minimum atomic E-state index is 0.590. The number of aromatic nitrogens is 1. The molecule has 29 heavy (non-hydrogen) atoms. The summed E-state index contributed by atoms with van der Waals surface area (Å²) >= 11 is 1.52. The molecule has 0 aliphatic heterocycles. The summed E-state index contributed by atoms with van der Waals surface area (Å²) < 4.78 is 0. The maximum atomic E-state index is 9.55. The highest BCUT2D eigenvalue weighted by Gasteiger charge is 2.15. The van der Waals surface area contributed by atoms with Gasteiger partial charge in [-0.15, -0.1) is 11.3 Å². The molecule has 0 unspecified atom stereocenters. The summed E-state index contributed by atoms with van der Waals surface area (Å²) in [7, 11) is 0. The highest BCUT2D eigenvalue weighted by atomic mass is 32.1. The van der Waals surface area contributed by atoms with E-state index in [1.54, 1.807) is 0 Å². The number of benzene rings is 2. The van der Waals surface area contributed by atoms with Gasteiger partial charge in [0.05, 0.1) is 11.3 Å². The molecule has 1 heterocycles. The lowest BCUT2D eigenvalue weighted by Crippen LogP contribution is -2.04. The van der Waals surface area contributed by atoms with Crippen LogP contribution in [0.2, 0.25) is 0 Å². The van der Waals surface area contributed by atoms with Gasteiger partial charge in [0.25, 0.3) is 0 Å². The van der Waals surface area contributed by atoms with E-state index < -0.39 is 0 Å². The Morgan fingerprint density at radius 2 is 1.76 bits per heavy atom. The van der Waals surface area contributed by atoms with Crippen LogP contribution in [0.3, 0.4) is 0 Å². The Balaban J connectivity index is 1.48. The summed E-state index contributed by atoms with van der Waals surface area (Å²) in [4.78, 5) is 4.71. The fourth-order valence-corrected chi connectivity index (χ4v) is 4.67. The molecule has 0 bridgehead atoms. The van der Waals surface area contributed by atoms with E-state index in [2.05, 4.69) is 30.3 Å². The molecule has 0 amide bonds. The van der Waals surface area contributed by atoms with Gasteiger partial charge in [0, 0.05) is 10.9 Å². The van der Waals surface area contributed by atoms with Gasteiger partial charge >= 0.3 is 0 Å². The predicted octanol–water partition coefficient (Wildman–Crippen LogP) is 7.48. The van der Waals surface area contributed by atoms with Crippen LogP contribution in [0.25, 0.3) is 22.9 Å². The second-order valence-corrected chi connectivity index (χ2v) is 8.31. The van der Waals surface area contributed by atoms with E-state index >= 15 is 0 Å². The van der Waals surface area contributed by atoms with Crippen LogP contribution >= 0.6 is 11.3 Å². The average Bonchev–Trinajstić information content (AvgIpc) is 3.28. The first-order valence-corrected chi connectivity index (χ1v) is 11.1. The van der Waals surface area contributed by atoms with E-state index in [4.69, 9.17) is 4.98 Å². The Hall–Kier alpha value is -2.96. The van der Waals surface area contributed by atoms with Gasteiger partial charge in [-0.25, -0.2) is 4.98 Å². The van der Waals surface area contributed by atoms with Crippen LogP contribution in [0.5, 0.6) is 0 Å². The van der Waals surface area contributed by atoms with Crippen LogP contribution in [-0.4, -0.2) is 4.98 Å². The Kier molecular flexibility index (Phi) is 6.34. The smallest absolute Gasteiger partial charge is 0.134 e. The van der Waals surface area contributed by atoms with E-state index in [9.17, 15) is 5.26 Å². The zero-order chi connectivity index (χ0) is 19.9. The minimum Gasteiger partial charge on any atom is -0.235 e. The van der Waals surface area contributed by atoms with Gasteiger partial charge in [0.15, 0.2) is 0 Å². The van der Waals surface area contributed by atoms with Crippen molar-refractivity contribution >= 4 is 23.0 Å². The Morgan fingerprint density at radius 1 is 1.00 bits per heavy atom. The summed E-state index contributed by atoms with van der Waals surface area (Å²) in [5.41, 5.74) is 5.20. The molecule has 0 saturated heterocycles. The second kappa shape index (κ2) is 9.49. The summed E-state index contributed by atoms with van der Waals surface area (Å²) in [6, 6.07) is 21.2. The first-order valence-electron chi connectivity index (χ1n) is 10.2. The molecular weight excluding hydrogens is 372 g/mol. The summed E-state index contributed by atoms with van der Waals surface area (Å²) in [5, 5.41) is 12.4. The van der Waals surface area contributed by atoms with Gasteiger partial charge in [-0.3, -0.25) is 0 Å². The molecule has 0 radical (unpaired) electrons. The highest BCUT2D eigenvalue weighted by molar-refractivity contribution is 7.11. The molecule has 3 aromatic rings. The number of hydrogen-bond donors (Lipinski definition) is 0. The number of thiazole rings is 1. The molecule has 1 aliphatic rings. The van der Waals surface area contributed by atoms with Gasteiger partial charge in [0.1, 0.15) is 11.1 Å². The number of nitriles is 1. The van der Waals surface area contributed by atoms with Crippen molar-refractivity contribution < 1.29 is 0 Å². The van der Waals surface area contributed by atoms with Crippen molar-refractivity contribution in [3.63, 3.8) is 0 Å². The zero-order valence-corrected chi connectivity index (χ0v) is 17.2. The third kappa shape index (κ3) is 4.91. The first kappa shape index (κ1) is 19.4. The van der Waals surface area contributed by atoms with Crippen LogP contribution in [0.4, 0.5) is 0 Å². The van der Waals surface area contributed by atoms with E-state index in [-0.39, 0.29) is 0 Å². The van der Waals surface area contributed by atoms with Crippen LogP contribution in [0.15, 0.2) is 72.1 Å². The number of allylic oxidation sites excluding steroid dienone is 3. The topological polar surface area (TPSA) is 36.7 Å². The molecule has 1 saturated carbocycles. The molecule has 144 valence electrons. The number of rotatable bonds is 5. The Labute approximate surface area is 176 Å². The molecule has 1 fully saturated rings. The van der Waals surface area contributed by atoms with Crippen molar-refractivity contribution in [3.05, 3.63) is 88.3 Å². The summed E-state index contributed by atoms with van der Waals surface area (Å²) in [6.07, 6.45) is 12.4. The quantitative estimate of drug-likeness (QED) is 0.331. The van der Waals surface area contributed by atoms with Crippen molar-refractivity contribution in [2.24, 2.45) is 0 Å². The Bertz CT molecular complexity index is 1030. The summed E-state index contributed by atoms with van der Waals surface area (Å²) in [6.45, 7) is 0. The SMILES string of the molecule is N#C/C(=C/C=C/c1ccccc1)c1nc(-c2ccc(C3CCCCC3)cc2)cs1. The van der Waals surface area contributed by atoms with Crippen molar-refractivity contribution in [2.75, 3.05) is 0 Å². The van der Waals surface area contributed by atoms with Crippen molar-refractivity contribution in [1.29, 1.82) is 5.26 Å². The Morgan fingerprint density at radius 3 is 2.48 bits per heavy atom. The van der Waals surface area contributed by atoms with Crippen molar-refractivity contribution in [2.45, 2.75) is 38.0 Å². The van der Waals surface area contributed by atoms with Crippen molar-refractivity contribution in [1.82, 2.24) is 4.98 Å². The zero-order valence-electron chi connectivity index (χ0n) is 16.4. The van der Waals surface area contributed by atoms with Gasteiger partial charge in [-0.1, -0.05) is 86.0 Å². The monoisotopic (exact) mass is 396 g/mol. The third-order valence-corrected chi connectivity index (χ3v) is 6.36. The second-order valence-electron chi connectivity index (χ2n) is 7.46. The lowest BCUT2D eigenvalue weighted by Gasteiger charge is -2.22. The van der Waals surface area contributed by atoms with Gasteiger partial charge in [-0.2, -0.15) is 5.26 Å². The molecule has 4 rings (SSSR count). The average molecular weight is 397 g/mol. The fourth-order valence-electron chi connectivity index (χ4n) is 3.87. The summed E-state index contributed by atoms with van der Waals surface area (Å²) in [5.74, 6) is 0.716. The minimum absolute atomic E-state index is 0.590. The first-order chi connectivity index (χ1) is 14.3. The molecular formula is C26H24N2S. The molecule has 1 aromatic heterocycles. The van der Waals surface area contributed by atoms with Crippen molar-refractivity contribution in [3.8, 4) is 17.3 Å². The van der Waals surface area contributed by atoms with Crippen LogP contribution in [0, 0.1) is 11.3 Å². The van der Waals surface area contributed by atoms with Gasteiger partial charge < -0.3 is 0 Å². The van der Waals surface area contributed by atoms with E-state index in [0.717, 1.165) is 21.8 Å². The fraction of sp³-hybridized carbons (Fsp3) is 0.231.